The van der Waals surface area contributed by atoms with Crippen LogP contribution in [0.3, 0.4) is 0 Å². The van der Waals surface area contributed by atoms with E-state index in [1.165, 1.54) is 6.26 Å². The van der Waals surface area contributed by atoms with Gasteiger partial charge < -0.3 is 15.0 Å². The fourth-order valence-corrected chi connectivity index (χ4v) is 4.24. The van der Waals surface area contributed by atoms with Crippen LogP contribution >= 0.6 is 0 Å². The lowest BCUT2D eigenvalue weighted by Gasteiger charge is -2.34. The minimum absolute atomic E-state index is 0.0718. The summed E-state index contributed by atoms with van der Waals surface area (Å²) in [5, 5.41) is 3.40. The molecule has 0 atom stereocenters. The van der Waals surface area contributed by atoms with Gasteiger partial charge in [-0.25, -0.2) is 8.42 Å². The Morgan fingerprint density at radius 2 is 1.69 bits per heavy atom. The number of piperidine rings is 1. The van der Waals surface area contributed by atoms with Gasteiger partial charge in [0.2, 0.25) is 0 Å². The Hall–Kier alpha value is -2.54. The molecule has 29 heavy (non-hydrogen) atoms. The van der Waals surface area contributed by atoms with E-state index in [9.17, 15) is 8.42 Å². The number of rotatable bonds is 6. The summed E-state index contributed by atoms with van der Waals surface area (Å²) in [7, 11) is -1.21. The van der Waals surface area contributed by atoms with Gasteiger partial charge >= 0.3 is 0 Å². The minimum Gasteiger partial charge on any atom is -0.490 e. The summed E-state index contributed by atoms with van der Waals surface area (Å²) in [5.74, 6) is 1.87. The van der Waals surface area contributed by atoms with Crippen molar-refractivity contribution in [3.8, 4) is 5.75 Å². The lowest BCUT2D eigenvalue weighted by molar-refractivity contribution is 0.129. The predicted octanol–water partition coefficient (Wildman–Crippen LogP) is 2.85. The zero-order chi connectivity index (χ0) is 20.7. The maximum absolute atomic E-state index is 11.4. The van der Waals surface area contributed by atoms with Crippen molar-refractivity contribution in [1.29, 1.82) is 0 Å². The largest absolute Gasteiger partial charge is 0.490 e. The molecule has 3 rings (SSSR count). The Labute approximate surface area is 173 Å². The third-order valence-electron chi connectivity index (χ3n) is 4.90. The van der Waals surface area contributed by atoms with Crippen molar-refractivity contribution in [1.82, 2.24) is 10.2 Å². The number of sulfone groups is 1. The van der Waals surface area contributed by atoms with Crippen LogP contribution in [0.25, 0.3) is 0 Å². The molecule has 6 nitrogen and oxygen atoms in total. The van der Waals surface area contributed by atoms with Crippen LogP contribution in [-0.4, -0.2) is 51.8 Å². The molecule has 156 valence electrons. The van der Waals surface area contributed by atoms with Crippen LogP contribution in [0, 0.1) is 0 Å². The minimum atomic E-state index is -3.01. The van der Waals surface area contributed by atoms with Crippen LogP contribution in [0.5, 0.6) is 5.75 Å². The number of guanidine groups is 1. The van der Waals surface area contributed by atoms with Gasteiger partial charge in [-0.1, -0.05) is 42.5 Å². The molecule has 2 aromatic carbocycles. The van der Waals surface area contributed by atoms with Gasteiger partial charge in [0.1, 0.15) is 11.9 Å². The molecule has 1 heterocycles. The molecule has 0 aromatic heterocycles. The van der Waals surface area contributed by atoms with E-state index >= 15 is 0 Å². The van der Waals surface area contributed by atoms with Crippen molar-refractivity contribution >= 4 is 15.8 Å². The summed E-state index contributed by atoms with van der Waals surface area (Å²) in [6.07, 6.45) is 3.39. The lowest BCUT2D eigenvalue weighted by Crippen LogP contribution is -2.47. The number of ether oxygens (including phenoxy) is 1. The van der Waals surface area contributed by atoms with E-state index in [2.05, 4.69) is 15.2 Å². The molecule has 1 aliphatic rings. The lowest BCUT2D eigenvalue weighted by atomic mass is 10.1. The first kappa shape index (κ1) is 21.2. The molecule has 1 saturated heterocycles. The number of nitrogens with zero attached hydrogens (tertiary/aromatic N) is 2. The third-order valence-corrected chi connectivity index (χ3v) is 5.76. The summed E-state index contributed by atoms with van der Waals surface area (Å²) in [4.78, 5) is 6.67. The quantitative estimate of drug-likeness (QED) is 0.580. The highest BCUT2D eigenvalue weighted by molar-refractivity contribution is 7.89. The SMILES string of the molecule is CN=C(NCc1ccc(CS(C)(=O)=O)cc1)N1CCC(Oc2ccccc2)CC1. The van der Waals surface area contributed by atoms with Crippen molar-refractivity contribution < 1.29 is 13.2 Å². The van der Waals surface area contributed by atoms with Gasteiger partial charge in [0.25, 0.3) is 0 Å². The first-order chi connectivity index (χ1) is 13.9. The normalized spacial score (nSPS) is 15.9. The Balaban J connectivity index is 1.47. The molecule has 0 aliphatic carbocycles. The molecule has 1 fully saturated rings. The zero-order valence-corrected chi connectivity index (χ0v) is 17.9. The van der Waals surface area contributed by atoms with Crippen LogP contribution in [0.1, 0.15) is 24.0 Å². The summed E-state index contributed by atoms with van der Waals surface area (Å²) in [5.41, 5.74) is 1.90. The van der Waals surface area contributed by atoms with E-state index in [1.54, 1.807) is 7.05 Å². The predicted molar refractivity (Wildman–Crippen MR) is 117 cm³/mol. The second kappa shape index (κ2) is 9.78. The first-order valence-corrected chi connectivity index (χ1v) is 11.9. The first-order valence-electron chi connectivity index (χ1n) is 9.86. The Morgan fingerprint density at radius 3 is 2.28 bits per heavy atom. The maximum atomic E-state index is 11.4. The summed E-state index contributed by atoms with van der Waals surface area (Å²) >= 11 is 0. The molecule has 7 heteroatoms. The number of para-hydroxylation sites is 1. The second-order valence-corrected chi connectivity index (χ2v) is 9.54. The van der Waals surface area contributed by atoms with Gasteiger partial charge in [0.05, 0.1) is 5.75 Å². The van der Waals surface area contributed by atoms with Gasteiger partial charge in [-0.3, -0.25) is 4.99 Å². The highest BCUT2D eigenvalue weighted by Crippen LogP contribution is 2.18. The van der Waals surface area contributed by atoms with Crippen LogP contribution in [-0.2, 0) is 22.1 Å². The smallest absolute Gasteiger partial charge is 0.193 e. The molecular weight excluding hydrogens is 386 g/mol. The van der Waals surface area contributed by atoms with Gasteiger partial charge in [-0.05, 0) is 23.3 Å². The van der Waals surface area contributed by atoms with Gasteiger partial charge in [-0.15, -0.1) is 0 Å². The van der Waals surface area contributed by atoms with Crippen LogP contribution in [0.15, 0.2) is 59.6 Å². The van der Waals surface area contributed by atoms with E-state index in [0.717, 1.165) is 48.8 Å². The molecular formula is C22H29N3O3S. The average molecular weight is 416 g/mol. The molecule has 0 spiro atoms. The van der Waals surface area contributed by atoms with Crippen molar-refractivity contribution in [3.05, 3.63) is 65.7 Å². The summed E-state index contributed by atoms with van der Waals surface area (Å²) in [6.45, 7) is 2.43. The number of hydrogen-bond acceptors (Lipinski definition) is 4. The molecule has 0 unspecified atom stereocenters. The van der Waals surface area contributed by atoms with E-state index in [-0.39, 0.29) is 11.9 Å². The number of likely N-dealkylation sites (tertiary alicyclic amines) is 1. The number of aliphatic imine (C=N–C) groups is 1. The van der Waals surface area contributed by atoms with E-state index in [0.29, 0.717) is 6.54 Å². The highest BCUT2D eigenvalue weighted by Gasteiger charge is 2.22. The number of benzene rings is 2. The molecule has 1 aliphatic heterocycles. The van der Waals surface area contributed by atoms with Crippen LogP contribution < -0.4 is 10.1 Å². The second-order valence-electron chi connectivity index (χ2n) is 7.40. The van der Waals surface area contributed by atoms with Crippen molar-refractivity contribution in [2.75, 3.05) is 26.4 Å². The number of nitrogens with one attached hydrogen (secondary N) is 1. The van der Waals surface area contributed by atoms with Crippen LogP contribution in [0.2, 0.25) is 0 Å². The maximum Gasteiger partial charge on any atom is 0.193 e. The van der Waals surface area contributed by atoms with Gasteiger partial charge in [0.15, 0.2) is 15.8 Å². The Bertz CT molecular complexity index is 904. The van der Waals surface area contributed by atoms with Crippen LogP contribution in [0.4, 0.5) is 0 Å². The molecule has 0 amide bonds. The molecule has 2 aromatic rings. The van der Waals surface area contributed by atoms with Crippen molar-refractivity contribution in [3.63, 3.8) is 0 Å². The summed E-state index contributed by atoms with van der Waals surface area (Å²) in [6, 6.07) is 17.6. The van der Waals surface area contributed by atoms with Gasteiger partial charge in [-0.2, -0.15) is 0 Å². The standard InChI is InChI=1S/C22H29N3O3S/c1-23-22(24-16-18-8-10-19(11-9-18)17-29(2,26)27)25-14-12-21(13-15-25)28-20-6-4-3-5-7-20/h3-11,21H,12-17H2,1-2H3,(H,23,24). The molecule has 0 saturated carbocycles. The fraction of sp³-hybridized carbons (Fsp3) is 0.409. The van der Waals surface area contributed by atoms with E-state index < -0.39 is 9.84 Å². The topological polar surface area (TPSA) is 71.0 Å². The monoisotopic (exact) mass is 415 g/mol. The molecule has 1 N–H and O–H groups in total. The Morgan fingerprint density at radius 1 is 1.07 bits per heavy atom. The third kappa shape index (κ3) is 6.78. The molecule has 0 radical (unpaired) electrons. The average Bonchev–Trinajstić information content (AvgIpc) is 2.70. The number of hydrogen-bond donors (Lipinski definition) is 1. The van der Waals surface area contributed by atoms with Crippen molar-refractivity contribution in [2.24, 2.45) is 4.99 Å². The van der Waals surface area contributed by atoms with Crippen molar-refractivity contribution in [2.45, 2.75) is 31.2 Å². The summed E-state index contributed by atoms with van der Waals surface area (Å²) < 4.78 is 28.9. The van der Waals surface area contributed by atoms with E-state index in [4.69, 9.17) is 4.74 Å². The zero-order valence-electron chi connectivity index (χ0n) is 17.0. The van der Waals surface area contributed by atoms with E-state index in [1.807, 2.05) is 54.6 Å². The highest BCUT2D eigenvalue weighted by atomic mass is 32.2. The van der Waals surface area contributed by atoms with Gasteiger partial charge in [0, 0.05) is 45.8 Å². The fourth-order valence-electron chi connectivity index (χ4n) is 3.45. The molecule has 0 bridgehead atoms. The Kier molecular flexibility index (Phi) is 7.14.